The maximum atomic E-state index is 13.0. The van der Waals surface area contributed by atoms with Crippen LogP contribution in [0.3, 0.4) is 0 Å². The Morgan fingerprint density at radius 1 is 0.925 bits per heavy atom. The number of anilines is 2. The first-order chi connectivity index (χ1) is 18.9. The lowest BCUT2D eigenvalue weighted by Gasteiger charge is -2.34. The summed E-state index contributed by atoms with van der Waals surface area (Å²) < 4.78 is 10.5. The van der Waals surface area contributed by atoms with Gasteiger partial charge in [-0.3, -0.25) is 9.59 Å². The maximum Gasteiger partial charge on any atom is 0.255 e. The van der Waals surface area contributed by atoms with Gasteiger partial charge < -0.3 is 29.9 Å². The third-order valence-electron chi connectivity index (χ3n) is 6.99. The molecule has 1 aliphatic rings. The number of rotatable bonds is 11. The topological polar surface area (TPSA) is 83.1 Å². The average Bonchev–Trinajstić information content (AvgIpc) is 2.94. The molecule has 3 aromatic rings. The van der Waals surface area contributed by atoms with E-state index in [0.717, 1.165) is 65.6 Å². The molecule has 4 rings (SSSR count). The Labute approximate surface area is 243 Å². The number of aryl methyl sites for hydroxylation is 1. The molecule has 1 heterocycles. The van der Waals surface area contributed by atoms with Crippen LogP contribution in [0.1, 0.15) is 21.5 Å². The average molecular weight is 567 g/mol. The molecular weight excluding hydrogens is 528 g/mol. The summed E-state index contributed by atoms with van der Waals surface area (Å²) in [6.45, 7) is 6.88. The van der Waals surface area contributed by atoms with Gasteiger partial charge in [0.25, 0.3) is 5.91 Å². The van der Waals surface area contributed by atoms with E-state index in [9.17, 15) is 9.59 Å². The number of ketones is 1. The number of halogens is 1. The molecule has 0 aliphatic carbocycles. The van der Waals surface area contributed by atoms with Gasteiger partial charge in [0.05, 0.1) is 19.3 Å². The van der Waals surface area contributed by atoms with Crippen LogP contribution in [0.2, 0.25) is 0 Å². The third kappa shape index (κ3) is 8.05. The summed E-state index contributed by atoms with van der Waals surface area (Å²) in [7, 11) is 5.32. The number of methoxy groups -OCH3 is 2. The second-order valence-electron chi connectivity index (χ2n) is 9.93. The highest BCUT2D eigenvalue weighted by Gasteiger charge is 2.19. The number of carbonyl (C=O) groups is 2. The first-order valence-electron chi connectivity index (χ1n) is 13.2. The molecule has 2 N–H and O–H groups in total. The van der Waals surface area contributed by atoms with E-state index in [1.54, 1.807) is 7.11 Å². The Hall–Kier alpha value is -3.43. The number of nitrogens with zero attached hydrogens (tertiary/aromatic N) is 2. The number of Topliss-reactive ketones (excluding diaryl/α,β-unsaturated/α-hetero) is 1. The molecule has 214 valence electrons. The van der Waals surface area contributed by atoms with Crippen LogP contribution in [0.5, 0.6) is 5.75 Å². The Bertz CT molecular complexity index is 1290. The summed E-state index contributed by atoms with van der Waals surface area (Å²) in [6.07, 6.45) is 0. The van der Waals surface area contributed by atoms with Gasteiger partial charge in [-0.15, -0.1) is 12.4 Å². The Morgan fingerprint density at radius 2 is 1.65 bits per heavy atom. The third-order valence-corrected chi connectivity index (χ3v) is 6.99. The van der Waals surface area contributed by atoms with Crippen LogP contribution in [0.4, 0.5) is 11.4 Å². The van der Waals surface area contributed by atoms with Crippen molar-refractivity contribution in [3.05, 3.63) is 77.4 Å². The van der Waals surface area contributed by atoms with Crippen LogP contribution in [-0.2, 0) is 16.1 Å². The summed E-state index contributed by atoms with van der Waals surface area (Å²) in [4.78, 5) is 29.3. The normalized spacial score (nSPS) is 13.4. The van der Waals surface area contributed by atoms with E-state index in [1.807, 2.05) is 42.5 Å². The number of benzene rings is 3. The number of carbonyl (C=O) groups excluding carboxylic acids is 2. The zero-order valence-electron chi connectivity index (χ0n) is 23.7. The van der Waals surface area contributed by atoms with Crippen molar-refractivity contribution < 1.29 is 19.1 Å². The van der Waals surface area contributed by atoms with Gasteiger partial charge in [-0.2, -0.15) is 0 Å². The lowest BCUT2D eigenvalue weighted by Crippen LogP contribution is -2.44. The van der Waals surface area contributed by atoms with Gasteiger partial charge in [-0.25, -0.2) is 0 Å². The minimum absolute atomic E-state index is 0. The van der Waals surface area contributed by atoms with E-state index in [1.165, 1.54) is 7.11 Å². The monoisotopic (exact) mass is 566 g/mol. The number of hydrogen-bond acceptors (Lipinski definition) is 7. The van der Waals surface area contributed by atoms with E-state index in [-0.39, 0.29) is 37.2 Å². The number of ether oxygens (including phenoxy) is 2. The molecule has 0 bridgehead atoms. The molecule has 0 saturated carbocycles. The molecule has 0 aromatic heterocycles. The fraction of sp³-hybridized carbons (Fsp3) is 0.355. The molecule has 40 heavy (non-hydrogen) atoms. The summed E-state index contributed by atoms with van der Waals surface area (Å²) >= 11 is 0. The molecule has 3 aromatic carbocycles. The lowest BCUT2D eigenvalue weighted by molar-refractivity contribution is -0.121. The second-order valence-corrected chi connectivity index (χ2v) is 9.93. The number of piperazine rings is 1. The van der Waals surface area contributed by atoms with Crippen molar-refractivity contribution in [1.29, 1.82) is 0 Å². The standard InChI is InChI=1S/C31H38N4O4.ClH/c1-22-17-23(19-32-20-27(36)21-38-3)5-11-28(22)24-6-8-25(9-7-24)31(37)33-26-10-12-30(39-4)29(18-26)35-15-13-34(2)14-16-35;/h5-12,17-18,32H,13-16,19-21H2,1-4H3,(H,33,37);1H. The van der Waals surface area contributed by atoms with Gasteiger partial charge in [0.2, 0.25) is 0 Å². The van der Waals surface area contributed by atoms with Crippen molar-refractivity contribution in [2.75, 3.05) is 70.8 Å². The predicted octanol–water partition coefficient (Wildman–Crippen LogP) is 4.40. The Balaban J connectivity index is 0.00000441. The van der Waals surface area contributed by atoms with Crippen molar-refractivity contribution in [3.8, 4) is 16.9 Å². The van der Waals surface area contributed by atoms with Crippen LogP contribution in [0.15, 0.2) is 60.7 Å². The van der Waals surface area contributed by atoms with Gasteiger partial charge in [-0.1, -0.05) is 30.3 Å². The van der Waals surface area contributed by atoms with Gasteiger partial charge in [0.1, 0.15) is 12.4 Å². The smallest absolute Gasteiger partial charge is 0.255 e. The summed E-state index contributed by atoms with van der Waals surface area (Å²) in [5.41, 5.74) is 6.71. The SMILES string of the molecule is COCC(=O)CNCc1ccc(-c2ccc(C(=O)Nc3ccc(OC)c(N4CCN(C)CC4)c3)cc2)c(C)c1.Cl. The van der Waals surface area contributed by atoms with Gasteiger partial charge in [0, 0.05) is 51.1 Å². The highest BCUT2D eigenvalue weighted by molar-refractivity contribution is 6.04. The summed E-state index contributed by atoms with van der Waals surface area (Å²) in [6, 6.07) is 19.7. The van der Waals surface area contributed by atoms with E-state index in [4.69, 9.17) is 9.47 Å². The highest BCUT2D eigenvalue weighted by atomic mass is 35.5. The lowest BCUT2D eigenvalue weighted by atomic mass is 9.97. The summed E-state index contributed by atoms with van der Waals surface area (Å²) in [5.74, 6) is 0.674. The second kappa shape index (κ2) is 14.8. The predicted molar refractivity (Wildman–Crippen MR) is 163 cm³/mol. The van der Waals surface area contributed by atoms with E-state index in [0.29, 0.717) is 12.1 Å². The number of amides is 1. The molecule has 1 fully saturated rings. The number of likely N-dealkylation sites (N-methyl/N-ethyl adjacent to an activating group) is 1. The number of nitrogens with one attached hydrogen (secondary N) is 2. The molecule has 0 spiro atoms. The van der Waals surface area contributed by atoms with Crippen LogP contribution >= 0.6 is 12.4 Å². The minimum Gasteiger partial charge on any atom is -0.495 e. The zero-order chi connectivity index (χ0) is 27.8. The zero-order valence-corrected chi connectivity index (χ0v) is 24.5. The van der Waals surface area contributed by atoms with Gasteiger partial charge in [0.15, 0.2) is 5.78 Å². The molecule has 0 radical (unpaired) electrons. The van der Waals surface area contributed by atoms with Crippen LogP contribution in [0.25, 0.3) is 11.1 Å². The largest absolute Gasteiger partial charge is 0.495 e. The molecule has 1 amide bonds. The molecule has 1 saturated heterocycles. The van der Waals surface area contributed by atoms with Crippen LogP contribution in [0, 0.1) is 6.92 Å². The van der Waals surface area contributed by atoms with Crippen molar-refractivity contribution in [3.63, 3.8) is 0 Å². The van der Waals surface area contributed by atoms with E-state index in [2.05, 4.69) is 52.6 Å². The molecule has 0 atom stereocenters. The molecule has 8 nitrogen and oxygen atoms in total. The Kier molecular flexibility index (Phi) is 11.5. The molecule has 0 unspecified atom stereocenters. The van der Waals surface area contributed by atoms with Crippen molar-refractivity contribution in [1.82, 2.24) is 10.2 Å². The number of hydrogen-bond donors (Lipinski definition) is 2. The molecule has 9 heteroatoms. The fourth-order valence-electron chi connectivity index (χ4n) is 4.78. The van der Waals surface area contributed by atoms with Crippen molar-refractivity contribution >= 4 is 35.5 Å². The molecular formula is C31H39ClN4O4. The first kappa shape index (κ1) is 31.1. The maximum absolute atomic E-state index is 13.0. The Morgan fingerprint density at radius 3 is 2.30 bits per heavy atom. The highest BCUT2D eigenvalue weighted by Crippen LogP contribution is 2.32. The van der Waals surface area contributed by atoms with Crippen molar-refractivity contribution in [2.24, 2.45) is 0 Å². The van der Waals surface area contributed by atoms with Crippen LogP contribution < -0.4 is 20.3 Å². The van der Waals surface area contributed by atoms with Crippen molar-refractivity contribution in [2.45, 2.75) is 13.5 Å². The fourth-order valence-corrected chi connectivity index (χ4v) is 4.78. The van der Waals surface area contributed by atoms with Gasteiger partial charge >= 0.3 is 0 Å². The molecule has 1 aliphatic heterocycles. The minimum atomic E-state index is -0.155. The quantitative estimate of drug-likeness (QED) is 0.356. The van der Waals surface area contributed by atoms with Crippen LogP contribution in [-0.4, -0.2) is 77.2 Å². The van der Waals surface area contributed by atoms with E-state index < -0.39 is 0 Å². The van der Waals surface area contributed by atoms with Gasteiger partial charge in [-0.05, 0) is 66.6 Å². The first-order valence-corrected chi connectivity index (χ1v) is 13.2. The summed E-state index contributed by atoms with van der Waals surface area (Å²) in [5, 5.41) is 6.20. The van der Waals surface area contributed by atoms with E-state index >= 15 is 0 Å².